The van der Waals surface area contributed by atoms with Crippen molar-refractivity contribution in [2.45, 2.75) is 75.5 Å². The van der Waals surface area contributed by atoms with E-state index in [9.17, 15) is 39.0 Å². The molecule has 0 bridgehead atoms. The number of aryl methyl sites for hydroxylation is 2. The number of amides is 6. The van der Waals surface area contributed by atoms with E-state index in [1.54, 1.807) is 45.3 Å². The molecule has 4 heterocycles. The van der Waals surface area contributed by atoms with Gasteiger partial charge in [-0.15, -0.1) is 45.3 Å². The monoisotopic (exact) mass is 1050 g/mol. The van der Waals surface area contributed by atoms with Crippen LogP contribution >= 0.6 is 45.3 Å². The number of rotatable bonds is 29. The maximum absolute atomic E-state index is 13.0. The summed E-state index contributed by atoms with van der Waals surface area (Å²) in [6.07, 6.45) is 4.05. The Labute approximate surface area is 435 Å². The minimum Gasteiger partial charge on any atom is -0.394 e. The molecule has 6 amide bonds. The predicted octanol–water partition coefficient (Wildman–Crippen LogP) is 4.14. The molecule has 0 saturated carbocycles. The first kappa shape index (κ1) is 55.2. The zero-order valence-corrected chi connectivity index (χ0v) is 43.0. The average molecular weight is 1060 g/mol. The molecule has 12 N–H and O–H groups in total. The Kier molecular flexibility index (Phi) is 22.1. The first-order valence-electron chi connectivity index (χ1n) is 23.7. The Morgan fingerprint density at radius 3 is 1.26 bits per heavy atom. The standard InChI is InChI=1S/C52H62N8O8S4/c53-39(29-61)49(65)59-41(25-33-9-3-1-4-10-33)51(67)57-23-21-55-47(63)15-7-13-37-17-19-43(71-37)35-27-45(69-31-35)46-28-36(32-70-46)44-20-18-38(72-44)14-8-16-48(64)56-22-24-58-52(68)42(60-50(66)40(54)30-62)26-34-11-5-2-6-12-34/h1-6,9-12,17-20,27-28,31-32,39-42,61-62H,7-8,13-16,21-26,29-30,53-54H2,(H,55,63)(H,56,64)(H,57,67)(H,58,68)(H,59,65)(H,60,66)/t39-,40-,41-,42-/m0/s1. The van der Waals surface area contributed by atoms with Gasteiger partial charge in [0.2, 0.25) is 35.4 Å². The molecule has 0 spiro atoms. The van der Waals surface area contributed by atoms with Crippen LogP contribution in [0.4, 0.5) is 0 Å². The predicted molar refractivity (Wildman–Crippen MR) is 286 cm³/mol. The Bertz CT molecular complexity index is 2510. The second-order valence-electron chi connectivity index (χ2n) is 17.0. The summed E-state index contributed by atoms with van der Waals surface area (Å²) in [6, 6.07) is 27.3. The number of nitrogens with one attached hydrogen (secondary N) is 6. The Morgan fingerprint density at radius 2 is 0.875 bits per heavy atom. The van der Waals surface area contributed by atoms with Crippen molar-refractivity contribution in [1.82, 2.24) is 31.9 Å². The lowest BCUT2D eigenvalue weighted by molar-refractivity contribution is -0.130. The second kappa shape index (κ2) is 28.8. The molecule has 72 heavy (non-hydrogen) atoms. The summed E-state index contributed by atoms with van der Waals surface area (Å²) < 4.78 is 0. The molecule has 382 valence electrons. The Balaban J connectivity index is 0.866. The molecule has 16 nitrogen and oxygen atoms in total. The molecule has 0 aliphatic carbocycles. The highest BCUT2D eigenvalue weighted by atomic mass is 32.1. The molecule has 4 atom stereocenters. The van der Waals surface area contributed by atoms with Crippen molar-refractivity contribution in [3.05, 3.63) is 129 Å². The molecular formula is C52H62N8O8S4. The molecule has 20 heteroatoms. The highest BCUT2D eigenvalue weighted by Gasteiger charge is 2.25. The number of benzene rings is 2. The van der Waals surface area contributed by atoms with Crippen molar-refractivity contribution in [2.75, 3.05) is 39.4 Å². The third kappa shape index (κ3) is 17.6. The van der Waals surface area contributed by atoms with Gasteiger partial charge in [0, 0.05) is 103 Å². The summed E-state index contributed by atoms with van der Waals surface area (Å²) in [5, 5.41) is 39.3. The van der Waals surface area contributed by atoms with Crippen molar-refractivity contribution < 1.29 is 39.0 Å². The fourth-order valence-electron chi connectivity index (χ4n) is 7.41. The van der Waals surface area contributed by atoms with Gasteiger partial charge in [-0.25, -0.2) is 0 Å². The van der Waals surface area contributed by atoms with Crippen LogP contribution in [0.3, 0.4) is 0 Å². The second-order valence-corrected chi connectivity index (χ2v) is 21.2. The van der Waals surface area contributed by atoms with Gasteiger partial charge in [-0.05, 0) is 73.2 Å². The minimum atomic E-state index is -1.14. The molecule has 0 saturated heterocycles. The molecule has 6 aromatic rings. The van der Waals surface area contributed by atoms with Gasteiger partial charge >= 0.3 is 0 Å². The molecule has 2 aromatic carbocycles. The quantitative estimate of drug-likeness (QED) is 0.0300. The molecular weight excluding hydrogens is 993 g/mol. The molecule has 6 rings (SSSR count). The zero-order chi connectivity index (χ0) is 51.2. The summed E-state index contributed by atoms with van der Waals surface area (Å²) in [5.41, 5.74) is 15.3. The minimum absolute atomic E-state index is 0.110. The maximum Gasteiger partial charge on any atom is 0.242 e. The summed E-state index contributed by atoms with van der Waals surface area (Å²) in [7, 11) is 0. The number of hydrogen-bond donors (Lipinski definition) is 10. The van der Waals surface area contributed by atoms with Crippen LogP contribution in [0.5, 0.6) is 0 Å². The van der Waals surface area contributed by atoms with Crippen LogP contribution < -0.4 is 43.4 Å². The van der Waals surface area contributed by atoms with Gasteiger partial charge in [0.15, 0.2) is 0 Å². The summed E-state index contributed by atoms with van der Waals surface area (Å²) in [6.45, 7) is -0.241. The number of carbonyl (C=O) groups excluding carboxylic acids is 6. The molecule has 0 fully saturated rings. The number of hydrogen-bond acceptors (Lipinski definition) is 14. The van der Waals surface area contributed by atoms with Crippen LogP contribution in [0.2, 0.25) is 0 Å². The fraction of sp³-hybridized carbons (Fsp3) is 0.346. The van der Waals surface area contributed by atoms with Crippen molar-refractivity contribution >= 4 is 80.8 Å². The van der Waals surface area contributed by atoms with Crippen molar-refractivity contribution in [2.24, 2.45) is 11.5 Å². The molecule has 0 unspecified atom stereocenters. The van der Waals surface area contributed by atoms with Gasteiger partial charge in [-0.3, -0.25) is 28.8 Å². The number of thiophene rings is 4. The van der Waals surface area contributed by atoms with Crippen molar-refractivity contribution in [3.63, 3.8) is 0 Å². The number of aliphatic hydroxyl groups excluding tert-OH is 2. The van der Waals surface area contributed by atoms with E-state index in [1.165, 1.54) is 29.3 Å². The number of nitrogens with two attached hydrogens (primary N) is 2. The van der Waals surface area contributed by atoms with E-state index in [-0.39, 0.29) is 50.8 Å². The molecule has 4 aromatic heterocycles. The first-order chi connectivity index (χ1) is 34.9. The lowest BCUT2D eigenvalue weighted by atomic mass is 10.0. The maximum atomic E-state index is 13.0. The summed E-state index contributed by atoms with van der Waals surface area (Å²) in [5.74, 6) is -2.29. The van der Waals surface area contributed by atoms with Gasteiger partial charge in [0.1, 0.15) is 24.2 Å². The summed E-state index contributed by atoms with van der Waals surface area (Å²) in [4.78, 5) is 83.0. The third-order valence-corrected chi connectivity index (χ3v) is 15.8. The van der Waals surface area contributed by atoms with Crippen LogP contribution in [-0.4, -0.2) is 109 Å². The SMILES string of the molecule is N[C@@H](CO)C(=O)N[C@@H](Cc1ccccc1)C(=O)NCCNC(=O)CCCc1ccc(-c2csc(-c3cc(-c4ccc(CCCC(=O)NCCNC(=O)[C@H](Cc5ccccc5)NC(=O)[C@@H](N)CO)s4)cs3)c2)s1. The molecule has 0 aliphatic heterocycles. The van der Waals surface area contributed by atoms with E-state index in [4.69, 9.17) is 11.5 Å². The lowest BCUT2D eigenvalue weighted by Crippen LogP contribution is -2.54. The van der Waals surface area contributed by atoms with Crippen LogP contribution in [0.25, 0.3) is 30.6 Å². The zero-order valence-electron chi connectivity index (χ0n) is 39.7. The van der Waals surface area contributed by atoms with Gasteiger partial charge in [0.25, 0.3) is 0 Å². The smallest absolute Gasteiger partial charge is 0.242 e. The highest BCUT2D eigenvalue weighted by molar-refractivity contribution is 7.21. The van der Waals surface area contributed by atoms with E-state index in [0.717, 1.165) is 35.1 Å². The van der Waals surface area contributed by atoms with Crippen LogP contribution in [-0.2, 0) is 54.5 Å². The average Bonchev–Trinajstić information content (AvgIpc) is 4.25. The van der Waals surface area contributed by atoms with E-state index in [2.05, 4.69) is 79.1 Å². The van der Waals surface area contributed by atoms with Crippen LogP contribution in [0.15, 0.2) is 108 Å². The Morgan fingerprint density at radius 1 is 0.486 bits per heavy atom. The number of carbonyl (C=O) groups is 6. The van der Waals surface area contributed by atoms with Gasteiger partial charge in [-0.2, -0.15) is 0 Å². The van der Waals surface area contributed by atoms with Crippen molar-refractivity contribution in [3.8, 4) is 30.6 Å². The largest absolute Gasteiger partial charge is 0.394 e. The van der Waals surface area contributed by atoms with Crippen molar-refractivity contribution in [1.29, 1.82) is 0 Å². The molecule has 0 radical (unpaired) electrons. The number of aliphatic hydroxyl groups is 2. The fourth-order valence-corrected chi connectivity index (χ4v) is 11.6. The highest BCUT2D eigenvalue weighted by Crippen LogP contribution is 2.41. The van der Waals surface area contributed by atoms with Gasteiger partial charge < -0.3 is 53.6 Å². The van der Waals surface area contributed by atoms with Crippen LogP contribution in [0, 0.1) is 0 Å². The van der Waals surface area contributed by atoms with Gasteiger partial charge in [0.05, 0.1) is 13.2 Å². The lowest BCUT2D eigenvalue weighted by Gasteiger charge is -2.20. The van der Waals surface area contributed by atoms with E-state index < -0.39 is 61.0 Å². The normalized spacial score (nSPS) is 12.8. The summed E-state index contributed by atoms with van der Waals surface area (Å²) >= 11 is 6.87. The Hall–Kier alpha value is -6.10. The van der Waals surface area contributed by atoms with Crippen LogP contribution in [0.1, 0.15) is 46.6 Å². The van der Waals surface area contributed by atoms with E-state index >= 15 is 0 Å². The van der Waals surface area contributed by atoms with E-state index in [0.29, 0.717) is 25.7 Å². The van der Waals surface area contributed by atoms with Gasteiger partial charge in [-0.1, -0.05) is 60.7 Å². The third-order valence-electron chi connectivity index (χ3n) is 11.4. The first-order valence-corrected chi connectivity index (χ1v) is 27.1. The molecule has 0 aliphatic rings. The topological polar surface area (TPSA) is 267 Å². The van der Waals surface area contributed by atoms with E-state index in [1.807, 2.05) is 60.7 Å².